The van der Waals surface area contributed by atoms with Crippen LogP contribution in [0.3, 0.4) is 0 Å². The molecule has 0 spiro atoms. The Kier molecular flexibility index (Phi) is 5.11. The van der Waals surface area contributed by atoms with Gasteiger partial charge in [0.25, 0.3) is 0 Å². The van der Waals surface area contributed by atoms with E-state index in [-0.39, 0.29) is 16.7 Å². The van der Waals surface area contributed by atoms with Crippen molar-refractivity contribution < 1.29 is 13.2 Å². The maximum absolute atomic E-state index is 12.6. The van der Waals surface area contributed by atoms with Crippen LogP contribution in [0.5, 0.6) is 5.75 Å². The number of hydrogen-bond donors (Lipinski definition) is 1. The van der Waals surface area contributed by atoms with E-state index in [4.69, 9.17) is 16.3 Å². The molecule has 0 saturated heterocycles. The molecule has 0 radical (unpaired) electrons. The van der Waals surface area contributed by atoms with E-state index >= 15 is 0 Å². The molecule has 1 unspecified atom stereocenters. The van der Waals surface area contributed by atoms with Gasteiger partial charge in [0.2, 0.25) is 10.0 Å². The van der Waals surface area contributed by atoms with Crippen LogP contribution in [0.4, 0.5) is 0 Å². The van der Waals surface area contributed by atoms with Crippen LogP contribution in [0.1, 0.15) is 24.1 Å². The van der Waals surface area contributed by atoms with Gasteiger partial charge in [0.1, 0.15) is 10.6 Å². The first kappa shape index (κ1) is 16.8. The minimum absolute atomic E-state index is 0.0291. The Morgan fingerprint density at radius 1 is 1.14 bits per heavy atom. The van der Waals surface area contributed by atoms with Gasteiger partial charge in [-0.25, -0.2) is 13.1 Å². The van der Waals surface area contributed by atoms with E-state index in [2.05, 4.69) is 4.72 Å². The highest BCUT2D eigenvalue weighted by Gasteiger charge is 2.22. The Balaban J connectivity index is 2.31. The lowest BCUT2D eigenvalue weighted by molar-refractivity contribution is 0.402. The lowest BCUT2D eigenvalue weighted by Gasteiger charge is -2.16. The van der Waals surface area contributed by atoms with Gasteiger partial charge in [-0.3, -0.25) is 0 Å². The van der Waals surface area contributed by atoms with Crippen LogP contribution >= 0.6 is 11.6 Å². The highest BCUT2D eigenvalue weighted by Crippen LogP contribution is 2.28. The second kappa shape index (κ2) is 6.69. The standard InChI is InChI=1S/C16H18ClNO3S/c1-11-4-6-13(7-5-11)12(2)18-22(19,20)16-10-14(17)8-9-15(16)21-3/h4-10,12,18H,1-3H3. The molecule has 0 fully saturated rings. The van der Waals surface area contributed by atoms with Gasteiger partial charge in [-0.15, -0.1) is 0 Å². The van der Waals surface area contributed by atoms with Gasteiger partial charge in [-0.2, -0.15) is 0 Å². The minimum atomic E-state index is -3.74. The van der Waals surface area contributed by atoms with Crippen molar-refractivity contribution in [2.45, 2.75) is 24.8 Å². The summed E-state index contributed by atoms with van der Waals surface area (Å²) < 4.78 is 32.9. The molecule has 0 amide bonds. The van der Waals surface area contributed by atoms with Gasteiger partial charge in [0.15, 0.2) is 0 Å². The molecular weight excluding hydrogens is 322 g/mol. The average Bonchev–Trinajstić information content (AvgIpc) is 2.47. The largest absolute Gasteiger partial charge is 0.495 e. The van der Waals surface area contributed by atoms with Crippen molar-refractivity contribution in [1.29, 1.82) is 0 Å². The molecule has 2 aromatic rings. The smallest absolute Gasteiger partial charge is 0.244 e. The maximum Gasteiger partial charge on any atom is 0.244 e. The zero-order valence-corrected chi connectivity index (χ0v) is 14.2. The van der Waals surface area contributed by atoms with E-state index in [9.17, 15) is 8.42 Å². The second-order valence-electron chi connectivity index (χ2n) is 5.05. The van der Waals surface area contributed by atoms with Crippen LogP contribution in [-0.2, 0) is 10.0 Å². The number of halogens is 1. The van der Waals surface area contributed by atoms with Gasteiger partial charge >= 0.3 is 0 Å². The summed E-state index contributed by atoms with van der Waals surface area (Å²) in [6.45, 7) is 3.77. The van der Waals surface area contributed by atoms with Crippen LogP contribution < -0.4 is 9.46 Å². The molecule has 118 valence electrons. The number of methoxy groups -OCH3 is 1. The predicted octanol–water partition coefficient (Wildman–Crippen LogP) is 3.70. The van der Waals surface area contributed by atoms with Gasteiger partial charge in [-0.05, 0) is 37.6 Å². The molecule has 0 aliphatic heterocycles. The van der Waals surface area contributed by atoms with E-state index in [1.165, 1.54) is 19.2 Å². The molecule has 1 N–H and O–H groups in total. The van der Waals surface area contributed by atoms with Gasteiger partial charge in [0, 0.05) is 11.1 Å². The molecule has 4 nitrogen and oxygen atoms in total. The summed E-state index contributed by atoms with van der Waals surface area (Å²) in [5, 5.41) is 0.337. The number of benzene rings is 2. The number of ether oxygens (including phenoxy) is 1. The quantitative estimate of drug-likeness (QED) is 0.903. The zero-order chi connectivity index (χ0) is 16.3. The first-order chi connectivity index (χ1) is 10.3. The Labute approximate surface area is 136 Å². The summed E-state index contributed by atoms with van der Waals surface area (Å²) in [7, 11) is -2.32. The van der Waals surface area contributed by atoms with E-state index < -0.39 is 10.0 Å². The number of sulfonamides is 1. The van der Waals surface area contributed by atoms with Crippen LogP contribution in [0, 0.1) is 6.92 Å². The molecule has 0 aromatic heterocycles. The molecule has 0 saturated carbocycles. The number of aryl methyl sites for hydroxylation is 1. The molecule has 0 heterocycles. The van der Waals surface area contributed by atoms with E-state index in [1.54, 1.807) is 13.0 Å². The van der Waals surface area contributed by atoms with Gasteiger partial charge < -0.3 is 4.74 Å². The summed E-state index contributed by atoms with van der Waals surface area (Å²) in [4.78, 5) is 0.0291. The molecule has 0 aliphatic carbocycles. The van der Waals surface area contributed by atoms with Crippen molar-refractivity contribution >= 4 is 21.6 Å². The van der Waals surface area contributed by atoms with E-state index in [0.717, 1.165) is 11.1 Å². The van der Waals surface area contributed by atoms with Crippen molar-refractivity contribution in [3.8, 4) is 5.75 Å². The first-order valence-corrected chi connectivity index (χ1v) is 8.62. The summed E-state index contributed by atoms with van der Waals surface area (Å²) in [5.41, 5.74) is 2.01. The molecule has 2 aromatic carbocycles. The Morgan fingerprint density at radius 2 is 1.77 bits per heavy atom. The topological polar surface area (TPSA) is 55.4 Å². The number of nitrogens with one attached hydrogen (secondary N) is 1. The molecule has 2 rings (SSSR count). The fourth-order valence-corrected chi connectivity index (χ4v) is 3.74. The minimum Gasteiger partial charge on any atom is -0.495 e. The molecule has 0 bridgehead atoms. The van der Waals surface area contributed by atoms with Crippen LogP contribution in [0.2, 0.25) is 5.02 Å². The summed E-state index contributed by atoms with van der Waals surface area (Å²) in [6, 6.07) is 11.8. The summed E-state index contributed by atoms with van der Waals surface area (Å²) in [5.74, 6) is 0.257. The third-order valence-corrected chi connectivity index (χ3v) is 5.12. The van der Waals surface area contributed by atoms with E-state index in [0.29, 0.717) is 5.02 Å². The number of hydrogen-bond acceptors (Lipinski definition) is 3. The monoisotopic (exact) mass is 339 g/mol. The number of rotatable bonds is 5. The van der Waals surface area contributed by atoms with Gasteiger partial charge in [-0.1, -0.05) is 41.4 Å². The third kappa shape index (κ3) is 3.80. The Bertz CT molecular complexity index is 757. The van der Waals surface area contributed by atoms with Gasteiger partial charge in [0.05, 0.1) is 7.11 Å². The predicted molar refractivity (Wildman–Crippen MR) is 87.9 cm³/mol. The Morgan fingerprint density at radius 3 is 2.36 bits per heavy atom. The molecule has 6 heteroatoms. The first-order valence-electron chi connectivity index (χ1n) is 6.76. The summed E-state index contributed by atoms with van der Waals surface area (Å²) in [6.07, 6.45) is 0. The second-order valence-corrected chi connectivity index (χ2v) is 7.17. The van der Waals surface area contributed by atoms with Crippen molar-refractivity contribution in [3.05, 3.63) is 58.6 Å². The molecular formula is C16H18ClNO3S. The van der Waals surface area contributed by atoms with Crippen molar-refractivity contribution in [2.24, 2.45) is 0 Å². The van der Waals surface area contributed by atoms with Crippen LogP contribution in [0.25, 0.3) is 0 Å². The SMILES string of the molecule is COc1ccc(Cl)cc1S(=O)(=O)NC(C)c1ccc(C)cc1. The molecule has 0 aliphatic rings. The van der Waals surface area contributed by atoms with Crippen molar-refractivity contribution in [3.63, 3.8) is 0 Å². The lowest BCUT2D eigenvalue weighted by Crippen LogP contribution is -2.27. The van der Waals surface area contributed by atoms with Crippen LogP contribution in [0.15, 0.2) is 47.4 Å². The lowest BCUT2D eigenvalue weighted by atomic mass is 10.1. The van der Waals surface area contributed by atoms with Crippen molar-refractivity contribution in [2.75, 3.05) is 7.11 Å². The van der Waals surface area contributed by atoms with Crippen molar-refractivity contribution in [1.82, 2.24) is 4.72 Å². The zero-order valence-electron chi connectivity index (χ0n) is 12.6. The molecule has 1 atom stereocenters. The highest BCUT2D eigenvalue weighted by atomic mass is 35.5. The fourth-order valence-electron chi connectivity index (χ4n) is 2.08. The average molecular weight is 340 g/mol. The highest BCUT2D eigenvalue weighted by molar-refractivity contribution is 7.89. The van der Waals surface area contributed by atoms with Crippen LogP contribution in [-0.4, -0.2) is 15.5 Å². The summed E-state index contributed by atoms with van der Waals surface area (Å²) >= 11 is 5.90. The Hall–Kier alpha value is -1.56. The third-order valence-electron chi connectivity index (χ3n) is 3.32. The maximum atomic E-state index is 12.6. The van der Waals surface area contributed by atoms with E-state index in [1.807, 2.05) is 31.2 Å². The normalized spacial score (nSPS) is 12.9. The fraction of sp³-hybridized carbons (Fsp3) is 0.250. The molecule has 22 heavy (non-hydrogen) atoms.